The Morgan fingerprint density at radius 2 is 1.40 bits per heavy atom. The van der Waals surface area contributed by atoms with Crippen LogP contribution in [-0.4, -0.2) is 5.71 Å². The summed E-state index contributed by atoms with van der Waals surface area (Å²) in [5.74, 6) is 0. The monoisotopic (exact) mass is 325 g/mol. The van der Waals surface area contributed by atoms with Crippen LogP contribution in [0.15, 0.2) is 60.7 Å². The maximum absolute atomic E-state index is 8.13. The van der Waals surface area contributed by atoms with E-state index in [0.717, 1.165) is 11.1 Å². The summed E-state index contributed by atoms with van der Waals surface area (Å²) < 4.78 is 0. The molecule has 1 heteroatoms. The smallest absolute Gasteiger partial charge is 0.0361 e. The molecule has 0 heterocycles. The highest BCUT2D eigenvalue weighted by atomic mass is 14.4. The lowest BCUT2D eigenvalue weighted by Crippen LogP contribution is -2.15. The summed E-state index contributed by atoms with van der Waals surface area (Å²) in [6.45, 7) is 8.67. The van der Waals surface area contributed by atoms with Crippen molar-refractivity contribution in [2.24, 2.45) is 0 Å². The van der Waals surface area contributed by atoms with E-state index in [0.29, 0.717) is 5.71 Å². The Hall–Kier alpha value is -2.67. The number of rotatable bonds is 2. The molecular weight excluding hydrogens is 302 g/mol. The Balaban J connectivity index is 2.01. The first kappa shape index (κ1) is 15.8. The van der Waals surface area contributed by atoms with Crippen LogP contribution < -0.4 is 0 Å². The molecule has 0 radical (unpaired) electrons. The molecule has 0 fully saturated rings. The molecular formula is C24H23N. The maximum atomic E-state index is 8.13. The normalized spacial score (nSPS) is 14.1. The van der Waals surface area contributed by atoms with E-state index < -0.39 is 0 Å². The van der Waals surface area contributed by atoms with E-state index in [2.05, 4.69) is 69.3 Å². The van der Waals surface area contributed by atoms with Crippen LogP contribution in [0.2, 0.25) is 0 Å². The molecule has 0 saturated carbocycles. The second-order valence-corrected chi connectivity index (χ2v) is 7.55. The van der Waals surface area contributed by atoms with Crippen LogP contribution in [0.5, 0.6) is 0 Å². The van der Waals surface area contributed by atoms with Gasteiger partial charge in [0.25, 0.3) is 0 Å². The Bertz CT molecular complexity index is 1010. The van der Waals surface area contributed by atoms with Crippen molar-refractivity contribution < 1.29 is 0 Å². The predicted molar refractivity (Wildman–Crippen MR) is 107 cm³/mol. The standard InChI is InChI=1S/C24H23N/c1-15-13-23-21(19-11-7-8-12-22(19)24(23,3)4)14-20(15)18-10-6-5-9-17(18)16(2)25/h5-14,25H,1-4H3. The van der Waals surface area contributed by atoms with Crippen molar-refractivity contribution in [3.8, 4) is 22.3 Å². The molecule has 0 aliphatic heterocycles. The minimum absolute atomic E-state index is 0.0339. The SMILES string of the molecule is CC(=N)c1ccccc1-c1cc2c(cc1C)C(C)(C)c1ccccc1-2. The molecule has 25 heavy (non-hydrogen) atoms. The predicted octanol–water partition coefficient (Wildman–Crippen LogP) is 6.36. The topological polar surface area (TPSA) is 23.9 Å². The number of nitrogens with one attached hydrogen (secondary N) is 1. The average molecular weight is 325 g/mol. The molecule has 0 atom stereocenters. The second kappa shape index (κ2) is 5.42. The third-order valence-corrected chi connectivity index (χ3v) is 5.55. The van der Waals surface area contributed by atoms with Gasteiger partial charge in [0.15, 0.2) is 0 Å². The van der Waals surface area contributed by atoms with E-state index in [1.807, 2.05) is 19.1 Å². The van der Waals surface area contributed by atoms with Crippen molar-refractivity contribution in [2.45, 2.75) is 33.1 Å². The second-order valence-electron chi connectivity index (χ2n) is 7.55. The van der Waals surface area contributed by atoms with Crippen LogP contribution in [0.1, 0.15) is 43.0 Å². The van der Waals surface area contributed by atoms with Gasteiger partial charge in [-0.1, -0.05) is 68.4 Å². The summed E-state index contributed by atoms with van der Waals surface area (Å²) in [5, 5.41) is 8.13. The molecule has 1 N–H and O–H groups in total. The van der Waals surface area contributed by atoms with E-state index >= 15 is 0 Å². The molecule has 124 valence electrons. The first-order chi connectivity index (χ1) is 11.9. The summed E-state index contributed by atoms with van der Waals surface area (Å²) in [5.41, 5.74) is 10.8. The van der Waals surface area contributed by atoms with Gasteiger partial charge in [-0.2, -0.15) is 0 Å². The van der Waals surface area contributed by atoms with Crippen LogP contribution in [-0.2, 0) is 5.41 Å². The number of hydrogen-bond donors (Lipinski definition) is 1. The van der Waals surface area contributed by atoms with Crippen LogP contribution in [0.3, 0.4) is 0 Å². The van der Waals surface area contributed by atoms with Gasteiger partial charge in [-0.15, -0.1) is 0 Å². The van der Waals surface area contributed by atoms with Crippen molar-refractivity contribution in [2.75, 3.05) is 0 Å². The zero-order valence-electron chi connectivity index (χ0n) is 15.3. The maximum Gasteiger partial charge on any atom is 0.0361 e. The van der Waals surface area contributed by atoms with Gasteiger partial charge < -0.3 is 5.41 Å². The fourth-order valence-electron chi connectivity index (χ4n) is 4.19. The highest BCUT2D eigenvalue weighted by Gasteiger charge is 2.35. The molecule has 3 aromatic rings. The molecule has 0 spiro atoms. The quantitative estimate of drug-likeness (QED) is 0.530. The van der Waals surface area contributed by atoms with Gasteiger partial charge in [0, 0.05) is 16.7 Å². The molecule has 1 nitrogen and oxygen atoms in total. The van der Waals surface area contributed by atoms with Gasteiger partial charge in [-0.05, 0) is 58.9 Å². The summed E-state index contributed by atoms with van der Waals surface area (Å²) in [4.78, 5) is 0. The van der Waals surface area contributed by atoms with Crippen LogP contribution in [0, 0.1) is 12.3 Å². The molecule has 1 aliphatic carbocycles. The summed E-state index contributed by atoms with van der Waals surface area (Å²) in [6.07, 6.45) is 0. The summed E-state index contributed by atoms with van der Waals surface area (Å²) >= 11 is 0. The molecule has 0 unspecified atom stereocenters. The van der Waals surface area contributed by atoms with Crippen LogP contribution in [0.25, 0.3) is 22.3 Å². The molecule has 4 rings (SSSR count). The Morgan fingerprint density at radius 1 is 0.760 bits per heavy atom. The molecule has 1 aliphatic rings. The number of fused-ring (bicyclic) bond motifs is 3. The average Bonchev–Trinajstić information content (AvgIpc) is 2.82. The van der Waals surface area contributed by atoms with Gasteiger partial charge >= 0.3 is 0 Å². The van der Waals surface area contributed by atoms with E-state index in [-0.39, 0.29) is 5.41 Å². The lowest BCUT2D eigenvalue weighted by Gasteiger charge is -2.22. The fraction of sp³-hybridized carbons (Fsp3) is 0.208. The number of aryl methyl sites for hydroxylation is 1. The fourth-order valence-corrected chi connectivity index (χ4v) is 4.19. The minimum Gasteiger partial charge on any atom is -0.305 e. The van der Waals surface area contributed by atoms with Gasteiger partial charge in [-0.25, -0.2) is 0 Å². The molecule has 0 bridgehead atoms. The van der Waals surface area contributed by atoms with E-state index in [1.54, 1.807) is 0 Å². The van der Waals surface area contributed by atoms with Crippen LogP contribution >= 0.6 is 0 Å². The van der Waals surface area contributed by atoms with Crippen molar-refractivity contribution >= 4 is 5.71 Å². The highest BCUT2D eigenvalue weighted by Crippen LogP contribution is 2.50. The first-order valence-corrected chi connectivity index (χ1v) is 8.81. The van der Waals surface area contributed by atoms with Gasteiger partial charge in [0.05, 0.1) is 0 Å². The van der Waals surface area contributed by atoms with Gasteiger partial charge in [0.2, 0.25) is 0 Å². The van der Waals surface area contributed by atoms with Crippen molar-refractivity contribution in [1.82, 2.24) is 0 Å². The minimum atomic E-state index is 0.0339. The third kappa shape index (κ3) is 2.26. The van der Waals surface area contributed by atoms with Gasteiger partial charge in [-0.3, -0.25) is 0 Å². The highest BCUT2D eigenvalue weighted by molar-refractivity contribution is 6.03. The lowest BCUT2D eigenvalue weighted by atomic mass is 9.81. The van der Waals surface area contributed by atoms with E-state index in [4.69, 9.17) is 5.41 Å². The van der Waals surface area contributed by atoms with Crippen molar-refractivity contribution in [3.63, 3.8) is 0 Å². The molecule has 0 saturated heterocycles. The largest absolute Gasteiger partial charge is 0.305 e. The Kier molecular flexibility index (Phi) is 3.43. The zero-order valence-corrected chi connectivity index (χ0v) is 15.3. The Morgan fingerprint density at radius 3 is 2.12 bits per heavy atom. The lowest BCUT2D eigenvalue weighted by molar-refractivity contribution is 0.660. The van der Waals surface area contributed by atoms with Crippen LogP contribution in [0.4, 0.5) is 0 Å². The number of hydrogen-bond acceptors (Lipinski definition) is 1. The van der Waals surface area contributed by atoms with Crippen molar-refractivity contribution in [1.29, 1.82) is 5.41 Å². The number of benzene rings is 3. The summed E-state index contributed by atoms with van der Waals surface area (Å²) in [7, 11) is 0. The van der Waals surface area contributed by atoms with Gasteiger partial charge in [0.1, 0.15) is 0 Å². The van der Waals surface area contributed by atoms with E-state index in [9.17, 15) is 0 Å². The molecule has 0 amide bonds. The van der Waals surface area contributed by atoms with E-state index in [1.165, 1.54) is 33.4 Å². The Labute approximate surface area is 149 Å². The molecule has 3 aromatic carbocycles. The zero-order chi connectivity index (χ0) is 17.8. The van der Waals surface area contributed by atoms with Crippen molar-refractivity contribution in [3.05, 3.63) is 82.9 Å². The first-order valence-electron chi connectivity index (χ1n) is 8.81. The third-order valence-electron chi connectivity index (χ3n) is 5.55. The summed E-state index contributed by atoms with van der Waals surface area (Å²) in [6, 6.07) is 21.7. The molecule has 0 aromatic heterocycles.